The third kappa shape index (κ3) is 1.94. The summed E-state index contributed by atoms with van der Waals surface area (Å²) in [5, 5.41) is 0. The molecule has 0 bridgehead atoms. The van der Waals surface area contributed by atoms with Crippen molar-refractivity contribution in [3.63, 3.8) is 0 Å². The number of fused-ring (bicyclic) bond motifs is 1. The van der Waals surface area contributed by atoms with Crippen LogP contribution in [0.3, 0.4) is 0 Å². The molecule has 0 aliphatic carbocycles. The molecular weight excluding hydrogens is 310 g/mol. The van der Waals surface area contributed by atoms with Crippen LogP contribution in [-0.2, 0) is 0 Å². The Labute approximate surface area is 116 Å². The molecule has 19 heavy (non-hydrogen) atoms. The van der Waals surface area contributed by atoms with Crippen molar-refractivity contribution in [3.8, 4) is 5.69 Å². The van der Waals surface area contributed by atoms with E-state index in [1.165, 1.54) is 0 Å². The average molecular weight is 320 g/mol. The highest BCUT2D eigenvalue weighted by Crippen LogP contribution is 2.12. The number of hydrogen-bond donors (Lipinski definition) is 2. The predicted octanol–water partition coefficient (Wildman–Crippen LogP) is 2.08. The van der Waals surface area contributed by atoms with Gasteiger partial charge in [-0.25, -0.2) is 9.36 Å². The molecule has 0 unspecified atom stereocenters. The second kappa shape index (κ2) is 4.24. The quantitative estimate of drug-likeness (QED) is 0.721. The Balaban J connectivity index is 2.38. The van der Waals surface area contributed by atoms with Gasteiger partial charge in [0.25, 0.3) is 5.56 Å². The minimum atomic E-state index is -0.446. The van der Waals surface area contributed by atoms with Gasteiger partial charge in [-0.05, 0) is 37.3 Å². The molecule has 5 nitrogen and oxygen atoms in total. The summed E-state index contributed by atoms with van der Waals surface area (Å²) in [6.07, 6.45) is 0. The molecule has 1 aromatic carbocycles. The summed E-state index contributed by atoms with van der Waals surface area (Å²) in [4.78, 5) is 30.0. The number of aromatic amines is 2. The minimum absolute atomic E-state index is 0.353. The van der Waals surface area contributed by atoms with Crippen molar-refractivity contribution in [2.24, 2.45) is 0 Å². The van der Waals surface area contributed by atoms with Gasteiger partial charge in [-0.3, -0.25) is 4.79 Å². The van der Waals surface area contributed by atoms with Crippen molar-refractivity contribution in [2.45, 2.75) is 6.92 Å². The Morgan fingerprint density at radius 3 is 2.47 bits per heavy atom. The molecule has 0 atom stereocenters. The van der Waals surface area contributed by atoms with Crippen LogP contribution in [0.25, 0.3) is 16.7 Å². The average Bonchev–Trinajstić information content (AvgIpc) is 2.72. The smallest absolute Gasteiger partial charge is 0.333 e. The lowest BCUT2D eigenvalue weighted by Crippen LogP contribution is -2.33. The van der Waals surface area contributed by atoms with Gasteiger partial charge in [-0.1, -0.05) is 15.9 Å². The van der Waals surface area contributed by atoms with E-state index in [-0.39, 0.29) is 5.56 Å². The molecular formula is C13H10BrN3O2. The third-order valence-electron chi connectivity index (χ3n) is 2.90. The van der Waals surface area contributed by atoms with E-state index in [1.807, 2.05) is 6.92 Å². The predicted molar refractivity (Wildman–Crippen MR) is 77.0 cm³/mol. The monoisotopic (exact) mass is 319 g/mol. The molecule has 2 N–H and O–H groups in total. The van der Waals surface area contributed by atoms with Gasteiger partial charge in [0.1, 0.15) is 5.52 Å². The van der Waals surface area contributed by atoms with Crippen LogP contribution in [0, 0.1) is 6.92 Å². The van der Waals surface area contributed by atoms with Crippen LogP contribution >= 0.6 is 15.9 Å². The van der Waals surface area contributed by atoms with E-state index in [1.54, 1.807) is 30.3 Å². The van der Waals surface area contributed by atoms with Gasteiger partial charge < -0.3 is 9.97 Å². The number of nitrogens with zero attached hydrogens (tertiary/aromatic N) is 1. The summed E-state index contributed by atoms with van der Waals surface area (Å²) in [7, 11) is 0. The fourth-order valence-electron chi connectivity index (χ4n) is 2.06. The van der Waals surface area contributed by atoms with E-state index in [0.29, 0.717) is 16.7 Å². The van der Waals surface area contributed by atoms with Gasteiger partial charge in [0.05, 0.1) is 11.2 Å². The first-order valence-corrected chi connectivity index (χ1v) is 6.46. The van der Waals surface area contributed by atoms with Crippen molar-refractivity contribution in [1.29, 1.82) is 0 Å². The molecule has 2 heterocycles. The number of benzene rings is 1. The number of hydrogen-bond acceptors (Lipinski definition) is 2. The summed E-state index contributed by atoms with van der Waals surface area (Å²) in [5.41, 5.74) is 1.49. The van der Waals surface area contributed by atoms with Crippen molar-refractivity contribution >= 4 is 27.0 Å². The zero-order valence-electron chi connectivity index (χ0n) is 10.0. The SMILES string of the molecule is Cc1cc2[nH]c(=O)n(-c3ccc(Br)cc3)c(=O)c2[nH]1. The van der Waals surface area contributed by atoms with Crippen molar-refractivity contribution < 1.29 is 0 Å². The third-order valence-corrected chi connectivity index (χ3v) is 3.43. The molecule has 0 amide bonds. The van der Waals surface area contributed by atoms with Crippen molar-refractivity contribution in [1.82, 2.24) is 14.5 Å². The van der Waals surface area contributed by atoms with Gasteiger partial charge in [-0.15, -0.1) is 0 Å². The maximum atomic E-state index is 12.3. The molecule has 0 saturated heterocycles. The summed E-state index contributed by atoms with van der Waals surface area (Å²) in [6, 6.07) is 8.73. The van der Waals surface area contributed by atoms with E-state index >= 15 is 0 Å². The zero-order chi connectivity index (χ0) is 13.6. The number of rotatable bonds is 1. The Morgan fingerprint density at radius 1 is 1.11 bits per heavy atom. The topological polar surface area (TPSA) is 70.7 Å². The molecule has 3 rings (SSSR count). The van der Waals surface area contributed by atoms with E-state index in [2.05, 4.69) is 25.9 Å². The molecule has 0 spiro atoms. The molecule has 0 aliphatic heterocycles. The second-order valence-corrected chi connectivity index (χ2v) is 5.20. The maximum Gasteiger partial charge on any atom is 0.333 e. The molecule has 6 heteroatoms. The molecule has 96 valence electrons. The first-order chi connectivity index (χ1) is 9.06. The number of aryl methyl sites for hydroxylation is 1. The first-order valence-electron chi connectivity index (χ1n) is 5.67. The summed E-state index contributed by atoms with van der Waals surface area (Å²) in [6.45, 7) is 1.84. The molecule has 2 aromatic heterocycles. The second-order valence-electron chi connectivity index (χ2n) is 4.29. The standard InChI is InChI=1S/C13H10BrN3O2/c1-7-6-10-11(15-7)12(18)17(13(19)16-10)9-4-2-8(14)3-5-9/h2-6,15H,1H3,(H,16,19). The molecule has 0 saturated carbocycles. The molecule has 0 fully saturated rings. The van der Waals surface area contributed by atoms with Gasteiger partial charge >= 0.3 is 5.69 Å². The lowest BCUT2D eigenvalue weighted by atomic mass is 10.3. The van der Waals surface area contributed by atoms with Crippen molar-refractivity contribution in [2.75, 3.05) is 0 Å². The van der Waals surface area contributed by atoms with Gasteiger partial charge in [-0.2, -0.15) is 0 Å². The number of aromatic nitrogens is 3. The van der Waals surface area contributed by atoms with Crippen LogP contribution in [0.1, 0.15) is 5.69 Å². The summed E-state index contributed by atoms with van der Waals surface area (Å²) < 4.78 is 2.00. The number of nitrogens with one attached hydrogen (secondary N) is 2. The summed E-state index contributed by atoms with van der Waals surface area (Å²) in [5.74, 6) is 0. The Kier molecular flexibility index (Phi) is 2.67. The van der Waals surface area contributed by atoms with E-state index in [9.17, 15) is 9.59 Å². The van der Waals surface area contributed by atoms with Crippen LogP contribution < -0.4 is 11.2 Å². The van der Waals surface area contributed by atoms with Crippen LogP contribution in [0.4, 0.5) is 0 Å². The van der Waals surface area contributed by atoms with Crippen LogP contribution in [-0.4, -0.2) is 14.5 Å². The minimum Gasteiger partial charge on any atom is -0.353 e. The molecule has 0 aliphatic rings. The zero-order valence-corrected chi connectivity index (χ0v) is 11.6. The molecule has 3 aromatic rings. The fraction of sp³-hybridized carbons (Fsp3) is 0.0769. The van der Waals surface area contributed by atoms with Crippen LogP contribution in [0.5, 0.6) is 0 Å². The normalized spacial score (nSPS) is 11.1. The summed E-state index contributed by atoms with van der Waals surface area (Å²) >= 11 is 3.32. The highest BCUT2D eigenvalue weighted by Gasteiger charge is 2.10. The van der Waals surface area contributed by atoms with E-state index in [4.69, 9.17) is 0 Å². The highest BCUT2D eigenvalue weighted by atomic mass is 79.9. The Bertz CT molecular complexity index is 872. The fourth-order valence-corrected chi connectivity index (χ4v) is 2.32. The molecule has 0 radical (unpaired) electrons. The lowest BCUT2D eigenvalue weighted by molar-refractivity contribution is 0.898. The van der Waals surface area contributed by atoms with Crippen molar-refractivity contribution in [3.05, 3.63) is 61.3 Å². The highest BCUT2D eigenvalue weighted by molar-refractivity contribution is 9.10. The van der Waals surface area contributed by atoms with Crippen LogP contribution in [0.15, 0.2) is 44.4 Å². The van der Waals surface area contributed by atoms with E-state index < -0.39 is 5.69 Å². The van der Waals surface area contributed by atoms with Gasteiger partial charge in [0, 0.05) is 10.2 Å². The lowest BCUT2D eigenvalue weighted by Gasteiger charge is -2.04. The number of H-pyrrole nitrogens is 2. The van der Waals surface area contributed by atoms with E-state index in [0.717, 1.165) is 14.7 Å². The largest absolute Gasteiger partial charge is 0.353 e. The Hall–Kier alpha value is -2.08. The maximum absolute atomic E-state index is 12.3. The van der Waals surface area contributed by atoms with Gasteiger partial charge in [0.2, 0.25) is 0 Å². The Morgan fingerprint density at radius 2 is 1.79 bits per heavy atom. The first kappa shape index (κ1) is 12.0. The van der Waals surface area contributed by atoms with Gasteiger partial charge in [0.15, 0.2) is 0 Å². The number of halogens is 1. The van der Waals surface area contributed by atoms with Crippen LogP contribution in [0.2, 0.25) is 0 Å².